The molecule has 0 bridgehead atoms. The van der Waals surface area contributed by atoms with Crippen molar-refractivity contribution in [2.45, 2.75) is 49.2 Å². The number of rotatable bonds is 8. The molecule has 1 aromatic carbocycles. The Morgan fingerprint density at radius 1 is 1.17 bits per heavy atom. The van der Waals surface area contributed by atoms with Crippen LogP contribution in [0.4, 0.5) is 0 Å². The van der Waals surface area contributed by atoms with Crippen LogP contribution in [0, 0.1) is 0 Å². The lowest BCUT2D eigenvalue weighted by molar-refractivity contribution is -0.136. The Morgan fingerprint density at radius 2 is 1.91 bits per heavy atom. The predicted molar refractivity (Wildman–Crippen MR) is 89.1 cm³/mol. The van der Waals surface area contributed by atoms with Crippen LogP contribution in [0.25, 0.3) is 10.9 Å². The number of para-hydroxylation sites is 1. The van der Waals surface area contributed by atoms with E-state index in [0.29, 0.717) is 17.3 Å². The van der Waals surface area contributed by atoms with E-state index in [1.807, 2.05) is 6.92 Å². The van der Waals surface area contributed by atoms with E-state index >= 15 is 0 Å². The van der Waals surface area contributed by atoms with Gasteiger partial charge in [-0.25, -0.2) is 8.42 Å². The molecule has 1 aromatic heterocycles. The van der Waals surface area contributed by atoms with Gasteiger partial charge < -0.3 is 5.11 Å². The van der Waals surface area contributed by atoms with Crippen molar-refractivity contribution in [1.29, 1.82) is 0 Å². The number of nitrogens with zero attached hydrogens (tertiary/aromatic N) is 1. The number of benzene rings is 1. The van der Waals surface area contributed by atoms with Crippen LogP contribution >= 0.6 is 0 Å². The molecule has 124 valence electrons. The quantitative estimate of drug-likeness (QED) is 0.747. The summed E-state index contributed by atoms with van der Waals surface area (Å²) in [6.07, 6.45) is 5.05. The van der Waals surface area contributed by atoms with Gasteiger partial charge in [-0.3, -0.25) is 9.78 Å². The topological polar surface area (TPSA) is 84.3 Å². The van der Waals surface area contributed by atoms with Gasteiger partial charge in [0, 0.05) is 11.6 Å². The fraction of sp³-hybridized carbons (Fsp3) is 0.412. The van der Waals surface area contributed by atoms with Crippen LogP contribution in [-0.2, 0) is 14.6 Å². The number of unbranched alkanes of at least 4 members (excludes halogenated alkanes) is 3. The number of aliphatic carboxylic acids is 1. The first-order chi connectivity index (χ1) is 11.0. The third-order valence-corrected chi connectivity index (χ3v) is 6.00. The van der Waals surface area contributed by atoms with Crippen molar-refractivity contribution in [3.8, 4) is 0 Å². The number of carboxylic acids is 1. The Morgan fingerprint density at radius 3 is 2.61 bits per heavy atom. The molecule has 0 saturated carbocycles. The highest BCUT2D eigenvalue weighted by Gasteiger charge is 2.34. The van der Waals surface area contributed by atoms with Crippen molar-refractivity contribution in [3.63, 3.8) is 0 Å². The van der Waals surface area contributed by atoms with Gasteiger partial charge in [0.15, 0.2) is 15.1 Å². The number of aromatic nitrogens is 1. The number of carbonyl (C=O) groups is 1. The fourth-order valence-corrected chi connectivity index (χ4v) is 4.38. The maximum atomic E-state index is 12.8. The summed E-state index contributed by atoms with van der Waals surface area (Å²) in [5.74, 6) is -1.30. The molecule has 1 N–H and O–H groups in total. The smallest absolute Gasteiger partial charge is 0.322 e. The summed E-state index contributed by atoms with van der Waals surface area (Å²) >= 11 is 0. The Hall–Kier alpha value is -1.95. The lowest BCUT2D eigenvalue weighted by Gasteiger charge is -2.14. The van der Waals surface area contributed by atoms with Gasteiger partial charge in [-0.05, 0) is 18.6 Å². The van der Waals surface area contributed by atoms with Crippen molar-refractivity contribution in [1.82, 2.24) is 4.98 Å². The Bertz CT molecular complexity index is 781. The van der Waals surface area contributed by atoms with Crippen LogP contribution < -0.4 is 0 Å². The van der Waals surface area contributed by atoms with Gasteiger partial charge in [0.05, 0.1) is 10.4 Å². The number of hydrogen-bond donors (Lipinski definition) is 1. The lowest BCUT2D eigenvalue weighted by atomic mass is 10.1. The SMILES string of the molecule is CCCCCCC(C(=O)O)S(=O)(=O)c1cccc2cccnc12. The molecule has 0 aliphatic heterocycles. The molecule has 23 heavy (non-hydrogen) atoms. The van der Waals surface area contributed by atoms with Gasteiger partial charge in [-0.1, -0.05) is 50.8 Å². The monoisotopic (exact) mass is 335 g/mol. The second-order valence-electron chi connectivity index (χ2n) is 5.55. The average molecular weight is 335 g/mol. The second-order valence-corrected chi connectivity index (χ2v) is 7.65. The summed E-state index contributed by atoms with van der Waals surface area (Å²) in [5.41, 5.74) is 0.329. The molecule has 2 aromatic rings. The standard InChI is InChI=1S/C17H21NO4S/c1-2-3-4-5-10-15(17(19)20)23(21,22)14-11-6-8-13-9-7-12-18-16(13)14/h6-9,11-12,15H,2-5,10H2,1H3,(H,19,20). The highest BCUT2D eigenvalue weighted by atomic mass is 32.2. The largest absolute Gasteiger partial charge is 0.480 e. The normalized spacial score (nSPS) is 13.1. The highest BCUT2D eigenvalue weighted by Crippen LogP contribution is 2.26. The zero-order valence-corrected chi connectivity index (χ0v) is 13.9. The molecule has 2 rings (SSSR count). The second kappa shape index (κ2) is 7.55. The number of carboxylic acid groups (broad SMARTS) is 1. The summed E-state index contributed by atoms with van der Waals surface area (Å²) in [5, 5.41) is 8.66. The molecule has 0 spiro atoms. The van der Waals surface area contributed by atoms with Crippen LogP contribution in [0.5, 0.6) is 0 Å². The third kappa shape index (κ3) is 3.88. The summed E-state index contributed by atoms with van der Waals surface area (Å²) in [4.78, 5) is 15.6. The molecular formula is C17H21NO4S. The van der Waals surface area contributed by atoms with Crippen LogP contribution in [-0.4, -0.2) is 29.7 Å². The van der Waals surface area contributed by atoms with Gasteiger partial charge in [0.1, 0.15) is 0 Å². The van der Waals surface area contributed by atoms with E-state index in [-0.39, 0.29) is 11.3 Å². The molecule has 0 fully saturated rings. The Labute approximate surface area is 136 Å². The Kier molecular flexibility index (Phi) is 5.71. The van der Waals surface area contributed by atoms with E-state index in [0.717, 1.165) is 19.3 Å². The van der Waals surface area contributed by atoms with Crippen LogP contribution in [0.1, 0.15) is 39.0 Å². The zero-order chi connectivity index (χ0) is 16.9. The predicted octanol–water partition coefficient (Wildman–Crippen LogP) is 3.43. The maximum Gasteiger partial charge on any atom is 0.322 e. The zero-order valence-electron chi connectivity index (χ0n) is 13.1. The van der Waals surface area contributed by atoms with E-state index in [2.05, 4.69) is 4.98 Å². The van der Waals surface area contributed by atoms with Crippen LogP contribution in [0.2, 0.25) is 0 Å². The summed E-state index contributed by atoms with van der Waals surface area (Å²) in [6, 6.07) is 8.30. The molecule has 1 atom stereocenters. The fourth-order valence-electron chi connectivity index (χ4n) is 2.63. The lowest BCUT2D eigenvalue weighted by Crippen LogP contribution is -2.30. The third-order valence-electron chi connectivity index (χ3n) is 3.87. The molecule has 5 nitrogen and oxygen atoms in total. The van der Waals surface area contributed by atoms with E-state index < -0.39 is 21.1 Å². The first-order valence-corrected chi connectivity index (χ1v) is 9.33. The van der Waals surface area contributed by atoms with E-state index in [1.54, 1.807) is 24.3 Å². The molecule has 0 amide bonds. The summed E-state index contributed by atoms with van der Waals surface area (Å²) in [7, 11) is -3.98. The van der Waals surface area contributed by atoms with Gasteiger partial charge in [0.2, 0.25) is 0 Å². The number of sulfone groups is 1. The summed E-state index contributed by atoms with van der Waals surface area (Å²) in [6.45, 7) is 2.05. The van der Waals surface area contributed by atoms with Crippen molar-refractivity contribution in [3.05, 3.63) is 36.5 Å². The van der Waals surface area contributed by atoms with Crippen molar-refractivity contribution in [2.75, 3.05) is 0 Å². The molecule has 1 heterocycles. The molecule has 0 saturated heterocycles. The van der Waals surface area contributed by atoms with Crippen molar-refractivity contribution in [2.24, 2.45) is 0 Å². The van der Waals surface area contributed by atoms with E-state index in [4.69, 9.17) is 0 Å². The minimum atomic E-state index is -3.98. The van der Waals surface area contributed by atoms with E-state index in [1.165, 1.54) is 12.3 Å². The maximum absolute atomic E-state index is 12.8. The molecular weight excluding hydrogens is 314 g/mol. The van der Waals surface area contributed by atoms with Gasteiger partial charge in [-0.15, -0.1) is 0 Å². The molecule has 0 aliphatic rings. The first-order valence-electron chi connectivity index (χ1n) is 7.79. The van der Waals surface area contributed by atoms with Gasteiger partial charge in [-0.2, -0.15) is 0 Å². The van der Waals surface area contributed by atoms with Crippen LogP contribution in [0.3, 0.4) is 0 Å². The number of fused-ring (bicyclic) bond motifs is 1. The molecule has 6 heteroatoms. The average Bonchev–Trinajstić information content (AvgIpc) is 2.53. The minimum Gasteiger partial charge on any atom is -0.480 e. The number of hydrogen-bond acceptors (Lipinski definition) is 4. The molecule has 0 aliphatic carbocycles. The van der Waals surface area contributed by atoms with Gasteiger partial charge >= 0.3 is 5.97 Å². The van der Waals surface area contributed by atoms with E-state index in [9.17, 15) is 18.3 Å². The number of pyridine rings is 1. The molecule has 1 unspecified atom stereocenters. The molecule has 0 radical (unpaired) electrons. The first kappa shape index (κ1) is 17.4. The summed E-state index contributed by atoms with van der Waals surface area (Å²) < 4.78 is 25.7. The van der Waals surface area contributed by atoms with Crippen molar-refractivity contribution >= 4 is 26.7 Å². The van der Waals surface area contributed by atoms with Crippen LogP contribution in [0.15, 0.2) is 41.4 Å². The highest BCUT2D eigenvalue weighted by molar-refractivity contribution is 7.93. The minimum absolute atomic E-state index is 0.00140. The van der Waals surface area contributed by atoms with Gasteiger partial charge in [0.25, 0.3) is 0 Å². The van der Waals surface area contributed by atoms with Crippen molar-refractivity contribution < 1.29 is 18.3 Å². The Balaban J connectivity index is 2.38.